The van der Waals surface area contributed by atoms with Crippen molar-refractivity contribution in [3.63, 3.8) is 0 Å². The standard InChI is InChI=1S/C10H18N2S/c1-5-6-10(4,11)9-12-7(2)8(3)13-9/h5-6,11H2,1-4H3. The van der Waals surface area contributed by atoms with Gasteiger partial charge in [-0.3, -0.25) is 0 Å². The zero-order valence-electron chi connectivity index (χ0n) is 8.85. The lowest BCUT2D eigenvalue weighted by atomic mass is 9.99. The minimum Gasteiger partial charge on any atom is -0.320 e. The van der Waals surface area contributed by atoms with Gasteiger partial charge in [0.25, 0.3) is 0 Å². The van der Waals surface area contributed by atoms with Gasteiger partial charge in [-0.15, -0.1) is 11.3 Å². The highest BCUT2D eigenvalue weighted by Gasteiger charge is 2.24. The van der Waals surface area contributed by atoms with Crippen LogP contribution in [0.15, 0.2) is 0 Å². The quantitative estimate of drug-likeness (QED) is 0.811. The summed E-state index contributed by atoms with van der Waals surface area (Å²) in [5, 5.41) is 1.07. The van der Waals surface area contributed by atoms with Crippen molar-refractivity contribution in [2.24, 2.45) is 5.73 Å². The monoisotopic (exact) mass is 198 g/mol. The molecule has 0 fully saturated rings. The van der Waals surface area contributed by atoms with E-state index in [1.807, 2.05) is 6.92 Å². The molecule has 1 rings (SSSR count). The lowest BCUT2D eigenvalue weighted by molar-refractivity contribution is 0.444. The van der Waals surface area contributed by atoms with E-state index in [9.17, 15) is 0 Å². The van der Waals surface area contributed by atoms with Crippen molar-refractivity contribution in [1.82, 2.24) is 4.98 Å². The molecule has 1 aromatic rings. The topological polar surface area (TPSA) is 38.9 Å². The van der Waals surface area contributed by atoms with Crippen LogP contribution in [0.25, 0.3) is 0 Å². The minimum atomic E-state index is -0.238. The van der Waals surface area contributed by atoms with Crippen LogP contribution in [0.4, 0.5) is 0 Å². The molecule has 0 saturated heterocycles. The number of hydrogen-bond donors (Lipinski definition) is 1. The van der Waals surface area contributed by atoms with Crippen LogP contribution in [0.3, 0.4) is 0 Å². The number of hydrogen-bond acceptors (Lipinski definition) is 3. The fraction of sp³-hybridized carbons (Fsp3) is 0.700. The summed E-state index contributed by atoms with van der Waals surface area (Å²) < 4.78 is 0. The molecular weight excluding hydrogens is 180 g/mol. The van der Waals surface area contributed by atoms with Crippen molar-refractivity contribution in [2.75, 3.05) is 0 Å². The Morgan fingerprint density at radius 2 is 2.08 bits per heavy atom. The van der Waals surface area contributed by atoms with Gasteiger partial charge in [0.15, 0.2) is 0 Å². The summed E-state index contributed by atoms with van der Waals surface area (Å²) >= 11 is 1.73. The molecule has 0 aliphatic carbocycles. The van der Waals surface area contributed by atoms with Crippen LogP contribution in [0, 0.1) is 13.8 Å². The number of aromatic nitrogens is 1. The van der Waals surface area contributed by atoms with E-state index in [4.69, 9.17) is 5.73 Å². The summed E-state index contributed by atoms with van der Waals surface area (Å²) in [6, 6.07) is 0. The van der Waals surface area contributed by atoms with Crippen LogP contribution < -0.4 is 5.73 Å². The predicted octanol–water partition coefficient (Wildman–Crippen LogP) is 2.73. The summed E-state index contributed by atoms with van der Waals surface area (Å²) in [5.74, 6) is 0. The average molecular weight is 198 g/mol. The molecule has 0 aliphatic rings. The number of thiazole rings is 1. The number of nitrogens with two attached hydrogens (primary N) is 1. The lowest BCUT2D eigenvalue weighted by Crippen LogP contribution is -2.32. The maximum atomic E-state index is 6.18. The second kappa shape index (κ2) is 3.76. The summed E-state index contributed by atoms with van der Waals surface area (Å²) in [4.78, 5) is 5.77. The van der Waals surface area contributed by atoms with Crippen molar-refractivity contribution < 1.29 is 0 Å². The molecule has 0 saturated carbocycles. The molecule has 0 aromatic carbocycles. The van der Waals surface area contributed by atoms with E-state index < -0.39 is 0 Å². The van der Waals surface area contributed by atoms with Crippen molar-refractivity contribution in [2.45, 2.75) is 46.1 Å². The van der Waals surface area contributed by atoms with E-state index in [2.05, 4.69) is 25.8 Å². The molecule has 0 amide bonds. The third-order valence-corrected chi connectivity index (χ3v) is 3.64. The highest BCUT2D eigenvalue weighted by molar-refractivity contribution is 7.11. The van der Waals surface area contributed by atoms with E-state index in [1.165, 1.54) is 4.88 Å². The van der Waals surface area contributed by atoms with Crippen LogP contribution in [0.5, 0.6) is 0 Å². The maximum absolute atomic E-state index is 6.18. The van der Waals surface area contributed by atoms with Crippen LogP contribution >= 0.6 is 11.3 Å². The minimum absolute atomic E-state index is 0.238. The molecule has 0 spiro atoms. The van der Waals surface area contributed by atoms with Crippen LogP contribution in [-0.4, -0.2) is 4.98 Å². The molecule has 1 atom stereocenters. The van der Waals surface area contributed by atoms with Crippen LogP contribution in [-0.2, 0) is 5.54 Å². The zero-order valence-corrected chi connectivity index (χ0v) is 9.66. The predicted molar refractivity (Wildman–Crippen MR) is 58.0 cm³/mol. The highest BCUT2D eigenvalue weighted by Crippen LogP contribution is 2.28. The van der Waals surface area contributed by atoms with Crippen molar-refractivity contribution in [3.05, 3.63) is 15.6 Å². The highest BCUT2D eigenvalue weighted by atomic mass is 32.1. The van der Waals surface area contributed by atoms with E-state index in [0.29, 0.717) is 0 Å². The van der Waals surface area contributed by atoms with E-state index >= 15 is 0 Å². The zero-order chi connectivity index (χ0) is 10.1. The smallest absolute Gasteiger partial charge is 0.113 e. The van der Waals surface area contributed by atoms with Gasteiger partial charge in [-0.1, -0.05) is 13.3 Å². The summed E-state index contributed by atoms with van der Waals surface area (Å²) in [6.45, 7) is 8.35. The van der Waals surface area contributed by atoms with Gasteiger partial charge in [0.2, 0.25) is 0 Å². The first-order valence-electron chi connectivity index (χ1n) is 4.70. The maximum Gasteiger partial charge on any atom is 0.113 e. The first-order chi connectivity index (χ1) is 5.97. The number of aryl methyl sites for hydroxylation is 2. The Hall–Kier alpha value is -0.410. The third-order valence-electron chi connectivity index (χ3n) is 2.29. The molecule has 0 aliphatic heterocycles. The molecule has 1 aromatic heterocycles. The summed E-state index contributed by atoms with van der Waals surface area (Å²) in [7, 11) is 0. The Balaban J connectivity index is 2.93. The van der Waals surface area contributed by atoms with Gasteiger partial charge in [0.05, 0.1) is 11.2 Å². The number of rotatable bonds is 3. The van der Waals surface area contributed by atoms with E-state index in [-0.39, 0.29) is 5.54 Å². The Kier molecular flexibility index (Phi) is 3.09. The molecule has 1 unspecified atom stereocenters. The SMILES string of the molecule is CCCC(C)(N)c1nc(C)c(C)s1. The Bertz CT molecular complexity index is 270. The Morgan fingerprint density at radius 1 is 1.46 bits per heavy atom. The van der Waals surface area contributed by atoms with Gasteiger partial charge in [0.1, 0.15) is 5.01 Å². The molecule has 2 N–H and O–H groups in total. The second-order valence-corrected chi connectivity index (χ2v) is 5.03. The first-order valence-corrected chi connectivity index (χ1v) is 5.52. The first kappa shape index (κ1) is 10.7. The molecule has 0 bridgehead atoms. The fourth-order valence-electron chi connectivity index (χ4n) is 1.34. The fourth-order valence-corrected chi connectivity index (χ4v) is 2.34. The van der Waals surface area contributed by atoms with Gasteiger partial charge in [0, 0.05) is 4.88 Å². The molecular formula is C10H18N2S. The van der Waals surface area contributed by atoms with Crippen LogP contribution in [0.2, 0.25) is 0 Å². The van der Waals surface area contributed by atoms with Gasteiger partial charge in [-0.2, -0.15) is 0 Å². The molecule has 74 valence electrons. The van der Waals surface area contributed by atoms with Gasteiger partial charge >= 0.3 is 0 Å². The second-order valence-electron chi connectivity index (χ2n) is 3.83. The normalized spacial score (nSPS) is 15.8. The Labute approximate surface area is 84.2 Å². The summed E-state index contributed by atoms with van der Waals surface area (Å²) in [5.41, 5.74) is 7.06. The van der Waals surface area contributed by atoms with Gasteiger partial charge < -0.3 is 5.73 Å². The van der Waals surface area contributed by atoms with E-state index in [1.54, 1.807) is 11.3 Å². The molecule has 1 heterocycles. The third kappa shape index (κ3) is 2.29. The van der Waals surface area contributed by atoms with Crippen molar-refractivity contribution >= 4 is 11.3 Å². The molecule has 0 radical (unpaired) electrons. The van der Waals surface area contributed by atoms with Gasteiger partial charge in [-0.05, 0) is 27.2 Å². The van der Waals surface area contributed by atoms with Gasteiger partial charge in [-0.25, -0.2) is 4.98 Å². The molecule has 3 heteroatoms. The average Bonchev–Trinajstić information content (AvgIpc) is 2.33. The van der Waals surface area contributed by atoms with E-state index in [0.717, 1.165) is 23.5 Å². The largest absolute Gasteiger partial charge is 0.320 e. The lowest BCUT2D eigenvalue weighted by Gasteiger charge is -2.20. The van der Waals surface area contributed by atoms with Crippen molar-refractivity contribution in [1.29, 1.82) is 0 Å². The summed E-state index contributed by atoms with van der Waals surface area (Å²) in [6.07, 6.45) is 2.10. The Morgan fingerprint density at radius 3 is 2.46 bits per heavy atom. The number of nitrogens with zero attached hydrogens (tertiary/aromatic N) is 1. The molecule has 2 nitrogen and oxygen atoms in total. The van der Waals surface area contributed by atoms with Crippen LogP contribution in [0.1, 0.15) is 42.3 Å². The van der Waals surface area contributed by atoms with Crippen molar-refractivity contribution in [3.8, 4) is 0 Å². The molecule has 13 heavy (non-hydrogen) atoms.